The fraction of sp³-hybridized carbons (Fsp3) is 0.190. The largest absolute Gasteiger partial charge is 0.347 e. The summed E-state index contributed by atoms with van der Waals surface area (Å²) in [5.41, 5.74) is 2.93. The summed E-state index contributed by atoms with van der Waals surface area (Å²) in [7, 11) is 0. The van der Waals surface area contributed by atoms with Gasteiger partial charge in [-0.25, -0.2) is 14.4 Å². The monoisotopic (exact) mass is 409 g/mol. The lowest BCUT2D eigenvalue weighted by Crippen LogP contribution is -2.23. The number of fused-ring (bicyclic) bond motifs is 1. The van der Waals surface area contributed by atoms with Crippen molar-refractivity contribution in [2.75, 3.05) is 6.54 Å². The van der Waals surface area contributed by atoms with Crippen LogP contribution in [0.15, 0.2) is 53.9 Å². The van der Waals surface area contributed by atoms with E-state index in [9.17, 15) is 9.18 Å². The molecule has 4 rings (SSSR count). The predicted molar refractivity (Wildman–Crippen MR) is 111 cm³/mol. The number of aromatic amines is 1. The fourth-order valence-electron chi connectivity index (χ4n) is 2.92. The molecule has 0 radical (unpaired) electrons. The number of imidazole rings is 1. The third-order valence-corrected chi connectivity index (χ3v) is 5.29. The Morgan fingerprint density at radius 1 is 1.10 bits per heavy atom. The molecule has 2 aromatic carbocycles. The van der Waals surface area contributed by atoms with Crippen molar-refractivity contribution < 1.29 is 9.18 Å². The number of hydrogen-bond acceptors (Lipinski definition) is 5. The summed E-state index contributed by atoms with van der Waals surface area (Å²) in [6.45, 7) is 1.73. The van der Waals surface area contributed by atoms with Gasteiger partial charge < -0.3 is 15.6 Å². The van der Waals surface area contributed by atoms with Gasteiger partial charge in [0.05, 0.1) is 22.6 Å². The predicted octanol–water partition coefficient (Wildman–Crippen LogP) is 3.42. The molecule has 6 nitrogen and oxygen atoms in total. The lowest BCUT2D eigenvalue weighted by Gasteiger charge is -2.03. The van der Waals surface area contributed by atoms with E-state index >= 15 is 0 Å². The lowest BCUT2D eigenvalue weighted by molar-refractivity contribution is 0.0946. The Hall–Kier alpha value is -3.10. The average molecular weight is 409 g/mol. The molecule has 29 heavy (non-hydrogen) atoms. The number of benzene rings is 2. The first-order valence-electron chi connectivity index (χ1n) is 9.29. The number of rotatable bonds is 8. The minimum absolute atomic E-state index is 0.168. The van der Waals surface area contributed by atoms with Crippen LogP contribution in [0.5, 0.6) is 0 Å². The molecular weight excluding hydrogens is 389 g/mol. The molecule has 0 saturated carbocycles. The molecule has 0 atom stereocenters. The molecule has 0 aliphatic rings. The molecule has 0 bridgehead atoms. The molecule has 8 heteroatoms. The first-order chi connectivity index (χ1) is 14.2. The van der Waals surface area contributed by atoms with Crippen LogP contribution in [0.2, 0.25) is 0 Å². The number of carbonyl (C=O) groups excluding carboxylic acids is 1. The Bertz CT molecular complexity index is 1110. The smallest absolute Gasteiger partial charge is 0.271 e. The van der Waals surface area contributed by atoms with Crippen molar-refractivity contribution in [2.24, 2.45) is 0 Å². The Balaban J connectivity index is 1.23. The molecule has 3 N–H and O–H groups in total. The summed E-state index contributed by atoms with van der Waals surface area (Å²) in [6, 6.07) is 14.3. The van der Waals surface area contributed by atoms with E-state index in [1.54, 1.807) is 11.4 Å². The third kappa shape index (κ3) is 5.04. The van der Waals surface area contributed by atoms with Crippen molar-refractivity contribution in [1.29, 1.82) is 0 Å². The Labute approximate surface area is 171 Å². The molecule has 0 aliphatic carbocycles. The first kappa shape index (κ1) is 19.2. The van der Waals surface area contributed by atoms with E-state index in [0.29, 0.717) is 37.3 Å². The van der Waals surface area contributed by atoms with Crippen LogP contribution in [0, 0.1) is 5.82 Å². The molecule has 0 unspecified atom stereocenters. The Morgan fingerprint density at radius 2 is 1.97 bits per heavy atom. The standard InChI is InChI=1S/C21H20FN5OS/c22-15-6-7-16-17(10-15)26-19(25-16)12-23-9-8-20-27-18(13-29-20)21(28)24-11-14-4-2-1-3-5-14/h1-7,10,13,23H,8-9,11-12H2,(H,24,28)(H,25,26). The number of halogens is 1. The van der Waals surface area contributed by atoms with E-state index in [-0.39, 0.29) is 11.7 Å². The van der Waals surface area contributed by atoms with Crippen LogP contribution < -0.4 is 10.6 Å². The second-order valence-corrected chi connectivity index (χ2v) is 7.51. The van der Waals surface area contributed by atoms with Crippen LogP contribution in [0.4, 0.5) is 4.39 Å². The third-order valence-electron chi connectivity index (χ3n) is 4.38. The highest BCUT2D eigenvalue weighted by atomic mass is 32.1. The number of carbonyl (C=O) groups is 1. The zero-order valence-corrected chi connectivity index (χ0v) is 16.4. The normalized spacial score (nSPS) is 11.1. The summed E-state index contributed by atoms with van der Waals surface area (Å²) < 4.78 is 13.2. The summed E-state index contributed by atoms with van der Waals surface area (Å²) in [5.74, 6) is 0.292. The molecule has 2 aromatic heterocycles. The highest BCUT2D eigenvalue weighted by molar-refractivity contribution is 7.09. The number of nitrogens with one attached hydrogen (secondary N) is 3. The number of amides is 1. The highest BCUT2D eigenvalue weighted by Crippen LogP contribution is 2.13. The number of hydrogen-bond donors (Lipinski definition) is 3. The van der Waals surface area contributed by atoms with Crippen molar-refractivity contribution in [3.05, 3.63) is 81.8 Å². The van der Waals surface area contributed by atoms with Crippen LogP contribution in [0.1, 0.15) is 26.9 Å². The first-order valence-corrected chi connectivity index (χ1v) is 10.2. The topological polar surface area (TPSA) is 82.7 Å². The second-order valence-electron chi connectivity index (χ2n) is 6.57. The summed E-state index contributed by atoms with van der Waals surface area (Å²) in [6.07, 6.45) is 0.714. The summed E-state index contributed by atoms with van der Waals surface area (Å²) in [5, 5.41) is 8.85. The van der Waals surface area contributed by atoms with Crippen LogP contribution in [0.25, 0.3) is 11.0 Å². The minimum Gasteiger partial charge on any atom is -0.347 e. The highest BCUT2D eigenvalue weighted by Gasteiger charge is 2.10. The van der Waals surface area contributed by atoms with Crippen LogP contribution in [-0.4, -0.2) is 27.4 Å². The van der Waals surface area contributed by atoms with Crippen molar-refractivity contribution in [3.63, 3.8) is 0 Å². The molecule has 0 spiro atoms. The zero-order chi connectivity index (χ0) is 20.1. The fourth-order valence-corrected chi connectivity index (χ4v) is 3.69. The summed E-state index contributed by atoms with van der Waals surface area (Å²) in [4.78, 5) is 24.2. The van der Waals surface area contributed by atoms with E-state index in [2.05, 4.69) is 25.6 Å². The lowest BCUT2D eigenvalue weighted by atomic mass is 10.2. The van der Waals surface area contributed by atoms with Gasteiger partial charge >= 0.3 is 0 Å². The van der Waals surface area contributed by atoms with Gasteiger partial charge in [-0.2, -0.15) is 0 Å². The van der Waals surface area contributed by atoms with Crippen molar-refractivity contribution in [1.82, 2.24) is 25.6 Å². The van der Waals surface area contributed by atoms with Crippen molar-refractivity contribution in [3.8, 4) is 0 Å². The van der Waals surface area contributed by atoms with E-state index < -0.39 is 0 Å². The van der Waals surface area contributed by atoms with Gasteiger partial charge in [0.1, 0.15) is 17.3 Å². The van der Waals surface area contributed by atoms with Crippen LogP contribution in [0.3, 0.4) is 0 Å². The van der Waals surface area contributed by atoms with Gasteiger partial charge in [-0.1, -0.05) is 30.3 Å². The van der Waals surface area contributed by atoms with E-state index in [0.717, 1.165) is 21.9 Å². The number of nitrogens with zero attached hydrogens (tertiary/aromatic N) is 2. The zero-order valence-electron chi connectivity index (χ0n) is 15.6. The maximum Gasteiger partial charge on any atom is 0.271 e. The van der Waals surface area contributed by atoms with E-state index in [1.807, 2.05) is 30.3 Å². The summed E-state index contributed by atoms with van der Waals surface area (Å²) >= 11 is 1.47. The second kappa shape index (κ2) is 8.93. The Kier molecular flexibility index (Phi) is 5.92. The number of H-pyrrole nitrogens is 1. The number of thiazole rings is 1. The average Bonchev–Trinajstić information content (AvgIpc) is 3.36. The molecule has 1 amide bonds. The van der Waals surface area contributed by atoms with Gasteiger partial charge in [0, 0.05) is 31.0 Å². The van der Waals surface area contributed by atoms with Crippen LogP contribution >= 0.6 is 11.3 Å². The van der Waals surface area contributed by atoms with E-state index in [4.69, 9.17) is 0 Å². The number of aromatic nitrogens is 3. The maximum atomic E-state index is 13.2. The molecular formula is C21H20FN5OS. The van der Waals surface area contributed by atoms with Crippen LogP contribution in [-0.2, 0) is 19.5 Å². The maximum absolute atomic E-state index is 13.2. The molecule has 4 aromatic rings. The van der Waals surface area contributed by atoms with Gasteiger partial charge in [-0.3, -0.25) is 4.79 Å². The van der Waals surface area contributed by atoms with Gasteiger partial charge in [-0.15, -0.1) is 11.3 Å². The molecule has 2 heterocycles. The van der Waals surface area contributed by atoms with Crippen molar-refractivity contribution in [2.45, 2.75) is 19.5 Å². The minimum atomic E-state index is -0.295. The molecule has 0 aliphatic heterocycles. The van der Waals surface area contributed by atoms with Gasteiger partial charge in [0.2, 0.25) is 0 Å². The van der Waals surface area contributed by atoms with Gasteiger partial charge in [-0.05, 0) is 17.7 Å². The SMILES string of the molecule is O=C(NCc1ccccc1)c1csc(CCNCc2nc3cc(F)ccc3[nH]2)n1. The van der Waals surface area contributed by atoms with E-state index in [1.165, 1.54) is 23.5 Å². The Morgan fingerprint density at radius 3 is 2.83 bits per heavy atom. The van der Waals surface area contributed by atoms with Crippen molar-refractivity contribution >= 4 is 28.3 Å². The molecule has 148 valence electrons. The molecule has 0 saturated heterocycles. The van der Waals surface area contributed by atoms with Gasteiger partial charge in [0.15, 0.2) is 0 Å². The molecule has 0 fully saturated rings. The van der Waals surface area contributed by atoms with Gasteiger partial charge in [0.25, 0.3) is 5.91 Å². The quantitative estimate of drug-likeness (QED) is 0.390.